The molecule has 0 radical (unpaired) electrons. The SMILES string of the molecule is COc1ccc(C2c3c(-c4ccc(Cl)cc4)n[nH]c3C(=O)N2Cc2ccc3c(c2)OCO3)c(OC)c1. The molecule has 0 spiro atoms. The molecule has 182 valence electrons. The molecule has 6 rings (SSSR count). The highest BCUT2D eigenvalue weighted by molar-refractivity contribution is 6.30. The standard InChI is InChI=1S/C27H22ClN3O5/c1-33-18-8-9-19(21(12-18)34-2)26-23-24(16-4-6-17(28)7-5-16)29-30-25(23)27(32)31(26)13-15-3-10-20-22(11-15)36-14-35-20/h3-12,26H,13-14H2,1-2H3,(H,29,30). The van der Waals surface area contributed by atoms with Crippen LogP contribution in [0, 0.1) is 0 Å². The summed E-state index contributed by atoms with van der Waals surface area (Å²) in [6, 6.07) is 18.3. The molecule has 1 aromatic heterocycles. The fourth-order valence-electron chi connectivity index (χ4n) is 4.79. The number of nitrogens with zero attached hydrogens (tertiary/aromatic N) is 2. The van der Waals surface area contributed by atoms with Crippen LogP contribution in [0.1, 0.15) is 33.2 Å². The van der Waals surface area contributed by atoms with Crippen LogP contribution in [-0.4, -0.2) is 42.0 Å². The smallest absolute Gasteiger partial charge is 0.273 e. The zero-order chi connectivity index (χ0) is 24.8. The van der Waals surface area contributed by atoms with Gasteiger partial charge in [-0.3, -0.25) is 9.89 Å². The Labute approximate surface area is 212 Å². The van der Waals surface area contributed by atoms with Crippen molar-refractivity contribution in [3.8, 4) is 34.3 Å². The molecule has 36 heavy (non-hydrogen) atoms. The van der Waals surface area contributed by atoms with E-state index in [1.807, 2.05) is 65.6 Å². The van der Waals surface area contributed by atoms with Crippen LogP contribution in [0.5, 0.6) is 23.0 Å². The van der Waals surface area contributed by atoms with Crippen LogP contribution in [0.2, 0.25) is 5.02 Å². The quantitative estimate of drug-likeness (QED) is 0.388. The average Bonchev–Trinajstić information content (AvgIpc) is 3.61. The minimum Gasteiger partial charge on any atom is -0.497 e. The van der Waals surface area contributed by atoms with Gasteiger partial charge >= 0.3 is 0 Å². The highest BCUT2D eigenvalue weighted by atomic mass is 35.5. The summed E-state index contributed by atoms with van der Waals surface area (Å²) in [7, 11) is 3.21. The number of benzene rings is 3. The monoisotopic (exact) mass is 503 g/mol. The normalized spacial score (nSPS) is 15.8. The second kappa shape index (κ2) is 8.80. The van der Waals surface area contributed by atoms with Crippen molar-refractivity contribution in [1.82, 2.24) is 15.1 Å². The molecule has 8 nitrogen and oxygen atoms in total. The fraction of sp³-hybridized carbons (Fsp3) is 0.185. The van der Waals surface area contributed by atoms with Crippen molar-refractivity contribution < 1.29 is 23.7 Å². The predicted molar refractivity (Wildman–Crippen MR) is 133 cm³/mol. The number of fused-ring (bicyclic) bond motifs is 2. The van der Waals surface area contributed by atoms with Crippen LogP contribution in [-0.2, 0) is 6.54 Å². The van der Waals surface area contributed by atoms with Gasteiger partial charge in [-0.15, -0.1) is 0 Å². The lowest BCUT2D eigenvalue weighted by Gasteiger charge is -2.28. The third kappa shape index (κ3) is 3.61. The molecule has 9 heteroatoms. The summed E-state index contributed by atoms with van der Waals surface area (Å²) < 4.78 is 22.1. The Bertz CT molecular complexity index is 1470. The summed E-state index contributed by atoms with van der Waals surface area (Å²) in [6.45, 7) is 0.533. The number of hydrogen-bond donors (Lipinski definition) is 1. The first kappa shape index (κ1) is 22.3. The number of ether oxygens (including phenoxy) is 4. The molecule has 2 aliphatic heterocycles. The minimum absolute atomic E-state index is 0.154. The van der Waals surface area contributed by atoms with Gasteiger partial charge in [0, 0.05) is 34.3 Å². The van der Waals surface area contributed by atoms with E-state index in [4.69, 9.17) is 30.5 Å². The fourth-order valence-corrected chi connectivity index (χ4v) is 4.92. The highest BCUT2D eigenvalue weighted by Crippen LogP contribution is 2.47. The summed E-state index contributed by atoms with van der Waals surface area (Å²) >= 11 is 6.12. The molecule has 0 fully saturated rings. The molecule has 0 bridgehead atoms. The molecular weight excluding hydrogens is 482 g/mol. The second-order valence-electron chi connectivity index (χ2n) is 8.50. The van der Waals surface area contributed by atoms with E-state index in [0.717, 1.165) is 22.3 Å². The van der Waals surface area contributed by atoms with Crippen molar-refractivity contribution in [1.29, 1.82) is 0 Å². The molecule has 2 aliphatic rings. The largest absolute Gasteiger partial charge is 0.497 e. The molecule has 1 amide bonds. The van der Waals surface area contributed by atoms with Crippen LogP contribution in [0.3, 0.4) is 0 Å². The van der Waals surface area contributed by atoms with Gasteiger partial charge in [0.05, 0.1) is 26.0 Å². The van der Waals surface area contributed by atoms with E-state index in [0.29, 0.717) is 46.0 Å². The average molecular weight is 504 g/mol. The zero-order valence-electron chi connectivity index (χ0n) is 19.6. The Kier molecular flexibility index (Phi) is 5.45. The van der Waals surface area contributed by atoms with E-state index in [1.54, 1.807) is 14.2 Å². The van der Waals surface area contributed by atoms with Crippen molar-refractivity contribution in [3.05, 3.63) is 88.1 Å². The molecule has 4 aromatic rings. The maximum absolute atomic E-state index is 13.8. The third-order valence-electron chi connectivity index (χ3n) is 6.51. The van der Waals surface area contributed by atoms with E-state index in [-0.39, 0.29) is 12.7 Å². The molecule has 1 unspecified atom stereocenters. The Morgan fingerprint density at radius 3 is 2.61 bits per heavy atom. The number of hydrogen-bond acceptors (Lipinski definition) is 6. The number of rotatable bonds is 6. The summed E-state index contributed by atoms with van der Waals surface area (Å²) in [5.74, 6) is 2.48. The van der Waals surface area contributed by atoms with Gasteiger partial charge in [0.2, 0.25) is 6.79 Å². The highest BCUT2D eigenvalue weighted by Gasteiger charge is 2.43. The molecule has 3 heterocycles. The topological polar surface area (TPSA) is 85.9 Å². The lowest BCUT2D eigenvalue weighted by Crippen LogP contribution is -2.29. The van der Waals surface area contributed by atoms with Crippen molar-refractivity contribution in [2.24, 2.45) is 0 Å². The lowest BCUT2D eigenvalue weighted by molar-refractivity contribution is 0.0728. The number of methoxy groups -OCH3 is 2. The van der Waals surface area contributed by atoms with Gasteiger partial charge in [-0.2, -0.15) is 5.10 Å². The molecule has 1 atom stereocenters. The Balaban J connectivity index is 1.49. The van der Waals surface area contributed by atoms with Gasteiger partial charge in [0.15, 0.2) is 11.5 Å². The number of nitrogens with one attached hydrogen (secondary N) is 1. The summed E-state index contributed by atoms with van der Waals surface area (Å²) in [5.41, 5.74) is 4.51. The van der Waals surface area contributed by atoms with E-state index < -0.39 is 6.04 Å². The van der Waals surface area contributed by atoms with Crippen molar-refractivity contribution in [2.45, 2.75) is 12.6 Å². The molecule has 0 aliphatic carbocycles. The van der Waals surface area contributed by atoms with E-state index in [2.05, 4.69) is 10.2 Å². The first-order valence-electron chi connectivity index (χ1n) is 11.3. The van der Waals surface area contributed by atoms with Crippen LogP contribution >= 0.6 is 11.6 Å². The Morgan fingerprint density at radius 1 is 1.03 bits per heavy atom. The number of carbonyl (C=O) groups is 1. The number of carbonyl (C=O) groups excluding carboxylic acids is 1. The second-order valence-corrected chi connectivity index (χ2v) is 8.94. The van der Waals surface area contributed by atoms with Gasteiger partial charge < -0.3 is 23.8 Å². The van der Waals surface area contributed by atoms with E-state index in [1.165, 1.54) is 0 Å². The number of amides is 1. The van der Waals surface area contributed by atoms with Crippen LogP contribution < -0.4 is 18.9 Å². The molecule has 0 saturated carbocycles. The van der Waals surface area contributed by atoms with E-state index in [9.17, 15) is 4.79 Å². The Hall–Kier alpha value is -4.17. The molecule has 0 saturated heterocycles. The predicted octanol–water partition coefficient (Wildman–Crippen LogP) is 5.22. The zero-order valence-corrected chi connectivity index (χ0v) is 20.3. The van der Waals surface area contributed by atoms with Gasteiger partial charge in [-0.25, -0.2) is 0 Å². The van der Waals surface area contributed by atoms with Crippen molar-refractivity contribution in [2.75, 3.05) is 21.0 Å². The van der Waals surface area contributed by atoms with Crippen LogP contribution in [0.25, 0.3) is 11.3 Å². The number of H-pyrrole nitrogens is 1. The Morgan fingerprint density at radius 2 is 1.83 bits per heavy atom. The van der Waals surface area contributed by atoms with Gasteiger partial charge in [0.25, 0.3) is 5.91 Å². The first-order valence-corrected chi connectivity index (χ1v) is 11.7. The first-order chi connectivity index (χ1) is 17.6. The third-order valence-corrected chi connectivity index (χ3v) is 6.76. The van der Waals surface area contributed by atoms with Gasteiger partial charge in [0.1, 0.15) is 17.2 Å². The maximum Gasteiger partial charge on any atom is 0.273 e. The maximum atomic E-state index is 13.8. The van der Waals surface area contributed by atoms with Crippen LogP contribution in [0.4, 0.5) is 0 Å². The molecule has 1 N–H and O–H groups in total. The number of aromatic amines is 1. The van der Waals surface area contributed by atoms with E-state index >= 15 is 0 Å². The van der Waals surface area contributed by atoms with Crippen molar-refractivity contribution >= 4 is 17.5 Å². The summed E-state index contributed by atoms with van der Waals surface area (Å²) in [6.07, 6.45) is 0. The number of halogens is 1. The van der Waals surface area contributed by atoms with Gasteiger partial charge in [-0.1, -0.05) is 29.8 Å². The summed E-state index contributed by atoms with van der Waals surface area (Å²) in [4.78, 5) is 15.6. The molecular formula is C27H22ClN3O5. The lowest BCUT2D eigenvalue weighted by atomic mass is 9.95. The minimum atomic E-state index is -0.455. The number of aromatic nitrogens is 2. The summed E-state index contributed by atoms with van der Waals surface area (Å²) in [5, 5.41) is 8.13. The van der Waals surface area contributed by atoms with Crippen molar-refractivity contribution in [3.63, 3.8) is 0 Å². The van der Waals surface area contributed by atoms with Gasteiger partial charge in [-0.05, 0) is 42.0 Å². The molecule has 3 aromatic carbocycles. The van der Waals surface area contributed by atoms with Crippen LogP contribution in [0.15, 0.2) is 60.7 Å².